The Kier molecular flexibility index (Phi) is 4.11. The molecule has 4 heteroatoms. The molecule has 0 bridgehead atoms. The third-order valence-electron chi connectivity index (χ3n) is 2.12. The summed E-state index contributed by atoms with van der Waals surface area (Å²) in [4.78, 5) is 0. The van der Waals surface area contributed by atoms with Crippen molar-refractivity contribution in [1.82, 2.24) is 0 Å². The van der Waals surface area contributed by atoms with Gasteiger partial charge >= 0.3 is 6.18 Å². The summed E-state index contributed by atoms with van der Waals surface area (Å²) in [7, 11) is 0. The van der Waals surface area contributed by atoms with Gasteiger partial charge in [-0.2, -0.15) is 18.4 Å². The Labute approximate surface area is 97.5 Å². The van der Waals surface area contributed by atoms with Crippen LogP contribution >= 0.6 is 0 Å². The first-order valence-electron chi connectivity index (χ1n) is 4.86. The topological polar surface area (TPSA) is 23.8 Å². The van der Waals surface area contributed by atoms with Crippen molar-refractivity contribution in [1.29, 1.82) is 5.26 Å². The molecule has 17 heavy (non-hydrogen) atoms. The molecule has 0 fully saturated rings. The fraction of sp³-hybridized carbons (Fsp3) is 0.154. The van der Waals surface area contributed by atoms with Gasteiger partial charge in [-0.3, -0.25) is 0 Å². The quantitative estimate of drug-likeness (QED) is 0.561. The van der Waals surface area contributed by atoms with Crippen LogP contribution in [0.15, 0.2) is 47.6 Å². The van der Waals surface area contributed by atoms with Gasteiger partial charge in [-0.25, -0.2) is 0 Å². The van der Waals surface area contributed by atoms with Gasteiger partial charge in [0.15, 0.2) is 0 Å². The van der Waals surface area contributed by atoms with Crippen molar-refractivity contribution < 1.29 is 13.2 Å². The van der Waals surface area contributed by atoms with Crippen LogP contribution in [-0.4, -0.2) is 6.18 Å². The predicted molar refractivity (Wildman–Crippen MR) is 59.8 cm³/mol. The molecule has 0 aliphatic carbocycles. The number of nitrogens with zero attached hydrogens (tertiary/aromatic N) is 1. The van der Waals surface area contributed by atoms with Crippen LogP contribution < -0.4 is 0 Å². The van der Waals surface area contributed by atoms with Crippen LogP contribution in [0.5, 0.6) is 0 Å². The highest BCUT2D eigenvalue weighted by molar-refractivity contribution is 5.55. The molecule has 0 aromatic heterocycles. The maximum Gasteiger partial charge on any atom is 0.417 e. The third-order valence-corrected chi connectivity index (χ3v) is 2.12. The average molecular weight is 237 g/mol. The van der Waals surface area contributed by atoms with Crippen LogP contribution in [0.25, 0.3) is 6.08 Å². The van der Waals surface area contributed by atoms with Crippen molar-refractivity contribution in [3.05, 3.63) is 53.1 Å². The van der Waals surface area contributed by atoms with Gasteiger partial charge in [-0.05, 0) is 18.6 Å². The zero-order valence-corrected chi connectivity index (χ0v) is 9.12. The second kappa shape index (κ2) is 5.35. The maximum absolute atomic E-state index is 12.6. The van der Waals surface area contributed by atoms with E-state index in [9.17, 15) is 13.2 Å². The highest BCUT2D eigenvalue weighted by Crippen LogP contribution is 2.29. The molecule has 1 rings (SSSR count). The number of alkyl halides is 3. The van der Waals surface area contributed by atoms with Gasteiger partial charge in [0.2, 0.25) is 0 Å². The Morgan fingerprint density at radius 2 is 1.82 bits per heavy atom. The first-order chi connectivity index (χ1) is 7.95. The van der Waals surface area contributed by atoms with E-state index in [1.807, 2.05) is 0 Å². The van der Waals surface area contributed by atoms with Crippen LogP contribution in [0.4, 0.5) is 13.2 Å². The third kappa shape index (κ3) is 3.80. The number of allylic oxidation sites excluding steroid dienone is 3. The molecule has 0 unspecified atom stereocenters. The minimum atomic E-state index is -4.51. The Morgan fingerprint density at radius 1 is 1.24 bits per heavy atom. The molecule has 0 aliphatic heterocycles. The van der Waals surface area contributed by atoms with Crippen molar-refractivity contribution in [2.45, 2.75) is 13.1 Å². The molecule has 0 atom stereocenters. The van der Waals surface area contributed by atoms with Gasteiger partial charge in [-0.1, -0.05) is 36.4 Å². The fourth-order valence-electron chi connectivity index (χ4n) is 1.24. The molecule has 1 aromatic rings. The van der Waals surface area contributed by atoms with E-state index in [4.69, 9.17) is 5.26 Å². The van der Waals surface area contributed by atoms with Crippen LogP contribution in [0.2, 0.25) is 0 Å². The van der Waals surface area contributed by atoms with Gasteiger partial charge in [-0.15, -0.1) is 0 Å². The van der Waals surface area contributed by atoms with E-state index in [0.29, 0.717) is 5.56 Å². The SMILES string of the molecule is C/C(C#N)=C(\C=C\c1ccccc1)C(F)(F)F. The van der Waals surface area contributed by atoms with Crippen LogP contribution in [-0.2, 0) is 0 Å². The Bertz CT molecular complexity index is 476. The highest BCUT2D eigenvalue weighted by Gasteiger charge is 2.33. The Hall–Kier alpha value is -2.02. The summed E-state index contributed by atoms with van der Waals surface area (Å²) in [6, 6.07) is 10.1. The molecule has 0 amide bonds. The minimum absolute atomic E-state index is 0.343. The molecular weight excluding hydrogens is 227 g/mol. The molecule has 0 heterocycles. The Balaban J connectivity index is 3.06. The largest absolute Gasteiger partial charge is 0.417 e. The summed E-state index contributed by atoms with van der Waals surface area (Å²) in [5.41, 5.74) is -0.603. The number of rotatable bonds is 2. The normalized spacial score (nSPS) is 13.4. The van der Waals surface area contributed by atoms with Crippen LogP contribution in [0.3, 0.4) is 0 Å². The number of nitriles is 1. The van der Waals surface area contributed by atoms with E-state index in [2.05, 4.69) is 0 Å². The van der Waals surface area contributed by atoms with E-state index in [1.165, 1.54) is 12.1 Å². The highest BCUT2D eigenvalue weighted by atomic mass is 19.4. The standard InChI is InChI=1S/C13H10F3N/c1-10(9-17)12(13(14,15)16)8-7-11-5-3-2-4-6-11/h2-8H,1H3/b8-7+,12-10-. The van der Waals surface area contributed by atoms with E-state index in [-0.39, 0.29) is 5.57 Å². The lowest BCUT2D eigenvalue weighted by atomic mass is 10.1. The maximum atomic E-state index is 12.6. The van der Waals surface area contributed by atoms with Gasteiger partial charge in [0.05, 0.1) is 11.6 Å². The number of hydrogen-bond acceptors (Lipinski definition) is 1. The van der Waals surface area contributed by atoms with Crippen molar-refractivity contribution in [3.8, 4) is 6.07 Å². The summed E-state index contributed by atoms with van der Waals surface area (Å²) in [5.74, 6) is 0. The molecule has 1 nitrogen and oxygen atoms in total. The lowest BCUT2D eigenvalue weighted by Gasteiger charge is -2.08. The molecule has 0 spiro atoms. The molecular formula is C13H10F3N. The second-order valence-electron chi connectivity index (χ2n) is 3.39. The molecule has 0 saturated carbocycles. The van der Waals surface area contributed by atoms with Crippen LogP contribution in [0, 0.1) is 11.3 Å². The zero-order chi connectivity index (χ0) is 12.9. The number of hydrogen-bond donors (Lipinski definition) is 0. The van der Waals surface area contributed by atoms with Gasteiger partial charge in [0.25, 0.3) is 0 Å². The second-order valence-corrected chi connectivity index (χ2v) is 3.39. The van der Waals surface area contributed by atoms with Crippen molar-refractivity contribution in [2.75, 3.05) is 0 Å². The number of benzene rings is 1. The first-order valence-corrected chi connectivity index (χ1v) is 4.86. The number of halogens is 3. The molecule has 0 aliphatic rings. The van der Waals surface area contributed by atoms with E-state index in [0.717, 1.165) is 13.0 Å². The smallest absolute Gasteiger partial charge is 0.193 e. The van der Waals surface area contributed by atoms with E-state index in [1.54, 1.807) is 30.3 Å². The molecule has 0 N–H and O–H groups in total. The van der Waals surface area contributed by atoms with Gasteiger partial charge < -0.3 is 0 Å². The first kappa shape index (κ1) is 13.0. The summed E-state index contributed by atoms with van der Waals surface area (Å²) in [5, 5.41) is 8.52. The summed E-state index contributed by atoms with van der Waals surface area (Å²) < 4.78 is 37.8. The summed E-state index contributed by atoms with van der Waals surface area (Å²) in [6.07, 6.45) is -2.25. The van der Waals surface area contributed by atoms with Crippen molar-refractivity contribution in [2.24, 2.45) is 0 Å². The minimum Gasteiger partial charge on any atom is -0.193 e. The summed E-state index contributed by atoms with van der Waals surface area (Å²) in [6.45, 7) is 1.15. The van der Waals surface area contributed by atoms with Gasteiger partial charge in [0, 0.05) is 5.57 Å². The van der Waals surface area contributed by atoms with Crippen molar-refractivity contribution in [3.63, 3.8) is 0 Å². The van der Waals surface area contributed by atoms with Crippen molar-refractivity contribution >= 4 is 6.08 Å². The summed E-state index contributed by atoms with van der Waals surface area (Å²) >= 11 is 0. The van der Waals surface area contributed by atoms with Crippen LogP contribution in [0.1, 0.15) is 12.5 Å². The Morgan fingerprint density at radius 3 is 2.29 bits per heavy atom. The zero-order valence-electron chi connectivity index (χ0n) is 9.12. The lowest BCUT2D eigenvalue weighted by Crippen LogP contribution is -2.11. The fourth-order valence-corrected chi connectivity index (χ4v) is 1.24. The lowest BCUT2D eigenvalue weighted by molar-refractivity contribution is -0.0886. The molecule has 88 valence electrons. The van der Waals surface area contributed by atoms with E-state index < -0.39 is 11.7 Å². The monoisotopic (exact) mass is 237 g/mol. The molecule has 0 saturated heterocycles. The molecule has 0 radical (unpaired) electrons. The molecule has 1 aromatic carbocycles. The average Bonchev–Trinajstić information content (AvgIpc) is 2.28. The predicted octanol–water partition coefficient (Wildman–Crippen LogP) is 4.10. The van der Waals surface area contributed by atoms with E-state index >= 15 is 0 Å². The van der Waals surface area contributed by atoms with Gasteiger partial charge in [0.1, 0.15) is 0 Å².